The standard InChI is InChI=1S/C31H33NO6/c1-31(2)36-28-26(34-20-22-14-8-4-9-15-22)24-18-25(38-32(24)19-21-12-6-3-7-13-21)27(29(28)37-31)35-30(33)23-16-10-5-11-17-23/h3-17,24-29H,18-20H2,1-2H3/t24-,25+,26+,27-,28?,29?/m0/s1. The molecule has 2 heterocycles. The van der Waals surface area contributed by atoms with Crippen molar-refractivity contribution in [3.8, 4) is 0 Å². The summed E-state index contributed by atoms with van der Waals surface area (Å²) < 4.78 is 25.7. The smallest absolute Gasteiger partial charge is 0.338 e. The predicted molar refractivity (Wildman–Crippen MR) is 140 cm³/mol. The van der Waals surface area contributed by atoms with Gasteiger partial charge in [0.1, 0.15) is 24.4 Å². The Labute approximate surface area is 223 Å². The van der Waals surface area contributed by atoms with E-state index in [9.17, 15) is 4.79 Å². The molecule has 38 heavy (non-hydrogen) atoms. The maximum Gasteiger partial charge on any atom is 0.338 e. The highest BCUT2D eigenvalue weighted by Gasteiger charge is 2.61. The number of rotatable bonds is 7. The Morgan fingerprint density at radius 1 is 0.842 bits per heavy atom. The van der Waals surface area contributed by atoms with Crippen LogP contribution in [0.3, 0.4) is 0 Å². The lowest BCUT2D eigenvalue weighted by molar-refractivity contribution is -0.237. The van der Waals surface area contributed by atoms with Crippen molar-refractivity contribution in [2.24, 2.45) is 0 Å². The summed E-state index contributed by atoms with van der Waals surface area (Å²) in [5.41, 5.74) is 2.68. The molecular formula is C31H33NO6. The topological polar surface area (TPSA) is 66.5 Å². The van der Waals surface area contributed by atoms with E-state index >= 15 is 0 Å². The summed E-state index contributed by atoms with van der Waals surface area (Å²) in [6.07, 6.45) is -1.78. The number of benzene rings is 3. The fraction of sp³-hybridized carbons (Fsp3) is 0.387. The second kappa shape index (κ2) is 10.6. The number of nitrogens with zero attached hydrogens (tertiary/aromatic N) is 1. The number of hydrogen-bond acceptors (Lipinski definition) is 7. The molecule has 2 unspecified atom stereocenters. The van der Waals surface area contributed by atoms with Crippen LogP contribution in [0.5, 0.6) is 0 Å². The number of carbonyl (C=O) groups excluding carboxylic acids is 1. The van der Waals surface area contributed by atoms with Crippen molar-refractivity contribution in [3.05, 3.63) is 108 Å². The van der Waals surface area contributed by atoms with E-state index in [4.69, 9.17) is 23.8 Å². The molecule has 7 heteroatoms. The Morgan fingerprint density at radius 3 is 2.08 bits per heavy atom. The fourth-order valence-corrected chi connectivity index (χ4v) is 5.70. The van der Waals surface area contributed by atoms with E-state index in [0.717, 1.165) is 11.1 Å². The number of esters is 1. The zero-order valence-electron chi connectivity index (χ0n) is 21.6. The van der Waals surface area contributed by atoms with Crippen molar-refractivity contribution in [3.63, 3.8) is 0 Å². The minimum atomic E-state index is -0.859. The minimum Gasteiger partial charge on any atom is -0.453 e. The molecule has 0 amide bonds. The lowest BCUT2D eigenvalue weighted by atomic mass is 10.0. The molecule has 1 aliphatic carbocycles. The Kier molecular flexibility index (Phi) is 7.03. The molecule has 6 rings (SSSR count). The molecule has 0 radical (unpaired) electrons. The highest BCUT2D eigenvalue weighted by atomic mass is 16.8. The van der Waals surface area contributed by atoms with Gasteiger partial charge in [0, 0.05) is 6.54 Å². The van der Waals surface area contributed by atoms with E-state index in [0.29, 0.717) is 25.1 Å². The highest BCUT2D eigenvalue weighted by Crippen LogP contribution is 2.44. The summed E-state index contributed by atoms with van der Waals surface area (Å²) in [5, 5.41) is 1.98. The van der Waals surface area contributed by atoms with Crippen LogP contribution in [0.2, 0.25) is 0 Å². The van der Waals surface area contributed by atoms with E-state index in [1.165, 1.54) is 0 Å². The van der Waals surface area contributed by atoms with Crippen molar-refractivity contribution in [2.75, 3.05) is 0 Å². The summed E-state index contributed by atoms with van der Waals surface area (Å²) >= 11 is 0. The Balaban J connectivity index is 1.33. The second-order valence-corrected chi connectivity index (χ2v) is 10.6. The van der Waals surface area contributed by atoms with E-state index in [2.05, 4.69) is 12.1 Å². The van der Waals surface area contributed by atoms with Crippen molar-refractivity contribution >= 4 is 5.97 Å². The lowest BCUT2D eigenvalue weighted by Crippen LogP contribution is -2.54. The van der Waals surface area contributed by atoms with E-state index < -0.39 is 36.2 Å². The predicted octanol–water partition coefficient (Wildman–Crippen LogP) is 4.91. The molecule has 0 spiro atoms. The first-order valence-electron chi connectivity index (χ1n) is 13.2. The molecule has 2 saturated heterocycles. The average molecular weight is 516 g/mol. The van der Waals surface area contributed by atoms with Crippen LogP contribution >= 0.6 is 0 Å². The third-order valence-electron chi connectivity index (χ3n) is 7.39. The monoisotopic (exact) mass is 515 g/mol. The zero-order chi connectivity index (χ0) is 26.1. The van der Waals surface area contributed by atoms with Crippen molar-refractivity contribution in [1.29, 1.82) is 0 Å². The van der Waals surface area contributed by atoms with Gasteiger partial charge in [0.25, 0.3) is 0 Å². The number of hydrogen-bond donors (Lipinski definition) is 0. The zero-order valence-corrected chi connectivity index (χ0v) is 21.6. The summed E-state index contributed by atoms with van der Waals surface area (Å²) in [6, 6.07) is 29.2. The van der Waals surface area contributed by atoms with Crippen LogP contribution in [0.25, 0.3) is 0 Å². The Hall–Kier alpha value is -3.07. The first-order valence-corrected chi connectivity index (χ1v) is 13.2. The van der Waals surface area contributed by atoms with Crippen LogP contribution in [-0.2, 0) is 36.9 Å². The van der Waals surface area contributed by atoms with Gasteiger partial charge < -0.3 is 18.9 Å². The van der Waals surface area contributed by atoms with E-state index in [-0.39, 0.29) is 12.1 Å². The lowest BCUT2D eigenvalue weighted by Gasteiger charge is -2.37. The summed E-state index contributed by atoms with van der Waals surface area (Å²) in [6.45, 7) is 4.77. The van der Waals surface area contributed by atoms with Crippen LogP contribution in [0.15, 0.2) is 91.0 Å². The molecule has 2 aliphatic heterocycles. The molecule has 2 bridgehead atoms. The summed E-state index contributed by atoms with van der Waals surface area (Å²) in [7, 11) is 0. The molecule has 3 aliphatic rings. The van der Waals surface area contributed by atoms with Crippen molar-refractivity contribution < 1.29 is 28.6 Å². The molecule has 3 aromatic carbocycles. The van der Waals surface area contributed by atoms with Gasteiger partial charge >= 0.3 is 5.97 Å². The molecule has 3 aromatic rings. The largest absolute Gasteiger partial charge is 0.453 e. The number of hydroxylamine groups is 2. The molecule has 0 aromatic heterocycles. The normalized spacial score (nSPS) is 29.9. The van der Waals surface area contributed by atoms with E-state index in [1.807, 2.05) is 85.6 Å². The Bertz CT molecular complexity index is 1220. The van der Waals surface area contributed by atoms with Gasteiger partial charge in [-0.25, -0.2) is 4.79 Å². The van der Waals surface area contributed by atoms with Gasteiger partial charge in [-0.05, 0) is 43.5 Å². The molecule has 0 N–H and O–H groups in total. The first-order chi connectivity index (χ1) is 18.5. The number of fused-ring (bicyclic) bond motifs is 3. The van der Waals surface area contributed by atoms with Gasteiger partial charge in [0.15, 0.2) is 11.9 Å². The van der Waals surface area contributed by atoms with Crippen LogP contribution in [-0.4, -0.2) is 53.4 Å². The quantitative estimate of drug-likeness (QED) is 0.415. The van der Waals surface area contributed by atoms with Crippen LogP contribution in [0.4, 0.5) is 0 Å². The molecular weight excluding hydrogens is 482 g/mol. The molecule has 6 atom stereocenters. The second-order valence-electron chi connectivity index (χ2n) is 10.6. The average Bonchev–Trinajstić information content (AvgIpc) is 3.46. The van der Waals surface area contributed by atoms with Crippen molar-refractivity contribution in [2.45, 2.75) is 75.8 Å². The number of carbonyl (C=O) groups is 1. The summed E-state index contributed by atoms with van der Waals surface area (Å²) in [5.74, 6) is -1.27. The third-order valence-corrected chi connectivity index (χ3v) is 7.39. The van der Waals surface area contributed by atoms with Crippen LogP contribution in [0.1, 0.15) is 41.8 Å². The SMILES string of the molecule is CC1(C)OC2C(O1)[C@H](OCc1ccccc1)[C@@H]1C[C@@H](ON1Cc1ccccc1)[C@@H]2OC(=O)c1ccccc1. The van der Waals surface area contributed by atoms with Crippen molar-refractivity contribution in [1.82, 2.24) is 5.06 Å². The Morgan fingerprint density at radius 2 is 1.42 bits per heavy atom. The highest BCUT2D eigenvalue weighted by molar-refractivity contribution is 5.89. The summed E-state index contributed by atoms with van der Waals surface area (Å²) in [4.78, 5) is 19.7. The van der Waals surface area contributed by atoms with Crippen LogP contribution < -0.4 is 0 Å². The van der Waals surface area contributed by atoms with Crippen LogP contribution in [0, 0.1) is 0 Å². The third kappa shape index (κ3) is 5.25. The maximum atomic E-state index is 13.2. The van der Waals surface area contributed by atoms with Gasteiger partial charge in [0.2, 0.25) is 0 Å². The molecule has 3 fully saturated rings. The maximum absolute atomic E-state index is 13.2. The van der Waals surface area contributed by atoms with Gasteiger partial charge in [0.05, 0.1) is 18.2 Å². The van der Waals surface area contributed by atoms with Gasteiger partial charge in [-0.3, -0.25) is 4.84 Å². The number of ether oxygens (including phenoxy) is 4. The fourth-order valence-electron chi connectivity index (χ4n) is 5.70. The minimum absolute atomic E-state index is 0.116. The van der Waals surface area contributed by atoms with Gasteiger partial charge in [-0.15, -0.1) is 0 Å². The van der Waals surface area contributed by atoms with Gasteiger partial charge in [-0.2, -0.15) is 5.06 Å². The van der Waals surface area contributed by atoms with Gasteiger partial charge in [-0.1, -0.05) is 78.9 Å². The molecule has 198 valence electrons. The molecule has 1 saturated carbocycles. The first kappa shape index (κ1) is 25.2. The molecule has 7 nitrogen and oxygen atoms in total. The van der Waals surface area contributed by atoms with E-state index in [1.54, 1.807) is 12.1 Å².